The zero-order valence-corrected chi connectivity index (χ0v) is 67.7. The molecule has 0 radical (unpaired) electrons. The van der Waals surface area contributed by atoms with E-state index in [2.05, 4.69) is 42.0 Å². The van der Waals surface area contributed by atoms with Gasteiger partial charge in [0, 0.05) is 142 Å². The van der Waals surface area contributed by atoms with E-state index in [1.807, 2.05) is 0 Å². The van der Waals surface area contributed by atoms with Gasteiger partial charge in [-0.05, 0) is 83.0 Å². The van der Waals surface area contributed by atoms with E-state index >= 15 is 0 Å². The Morgan fingerprint density at radius 3 is 1.22 bits per heavy atom. The predicted molar refractivity (Wildman–Crippen MR) is 405 cm³/mol. The molecule has 35 nitrogen and oxygen atoms in total. The molecule has 654 valence electrons. The molecule has 4 saturated heterocycles. The van der Waals surface area contributed by atoms with Crippen LogP contribution in [0, 0.1) is 17.3 Å². The van der Waals surface area contributed by atoms with Gasteiger partial charge >= 0.3 is 0 Å². The summed E-state index contributed by atoms with van der Waals surface area (Å²) in [6.45, 7) is 9.07. The van der Waals surface area contributed by atoms with E-state index in [1.54, 1.807) is 6.92 Å². The minimum atomic E-state index is -1.46. The average Bonchev–Trinajstić information content (AvgIpc) is 1.76. The number of aliphatic hydroxyl groups is 10. The van der Waals surface area contributed by atoms with Crippen LogP contribution in [0.5, 0.6) is 0 Å². The molecule has 4 aliphatic heterocycles. The predicted octanol–water partition coefficient (Wildman–Crippen LogP) is 0.136. The Balaban J connectivity index is 0.00000806. The third-order valence-corrected chi connectivity index (χ3v) is 19.6. The fourth-order valence-corrected chi connectivity index (χ4v) is 13.3. The van der Waals surface area contributed by atoms with Gasteiger partial charge in [0.1, 0.15) is 89.8 Å². The molecular weight excluding hydrogens is 1490 g/mol. The molecule has 113 heavy (non-hydrogen) atoms. The van der Waals surface area contributed by atoms with E-state index in [9.17, 15) is 99.0 Å². The van der Waals surface area contributed by atoms with E-state index in [4.69, 9.17) is 47.4 Å². The maximum atomic E-state index is 14.2. The maximum absolute atomic E-state index is 14.2. The van der Waals surface area contributed by atoms with Crippen molar-refractivity contribution in [3.8, 4) is 0 Å². The topological polar surface area (TPSA) is 517 Å². The second-order valence-electron chi connectivity index (χ2n) is 30.8. The molecule has 0 aromatic rings. The van der Waals surface area contributed by atoms with Crippen molar-refractivity contribution in [2.75, 3.05) is 113 Å². The summed E-state index contributed by atoms with van der Waals surface area (Å²) in [5.41, 5.74) is -1.32. The highest BCUT2D eigenvalue weighted by atomic mass is 16.7. The van der Waals surface area contributed by atoms with Gasteiger partial charge in [0.05, 0.1) is 90.7 Å². The Morgan fingerprint density at radius 1 is 0.451 bits per heavy atom. The first kappa shape index (κ1) is 102. The summed E-state index contributed by atoms with van der Waals surface area (Å²) in [6.07, 6.45) is -7.69. The van der Waals surface area contributed by atoms with Gasteiger partial charge in [0.15, 0.2) is 18.9 Å². The van der Waals surface area contributed by atoms with E-state index in [0.717, 1.165) is 5.92 Å². The monoisotopic (exact) mass is 1620 g/mol. The fraction of sp³-hybridized carbons (Fsp3) is 0.872. The van der Waals surface area contributed by atoms with Crippen LogP contribution in [0.15, 0.2) is 0 Å². The number of β-amino-alcohol motifs (C(OH)–C–C–N with tert-alkyl or cyclic N) is 1. The van der Waals surface area contributed by atoms with E-state index in [-0.39, 0.29) is 178 Å². The molecule has 4 rings (SSSR count). The number of methoxy groups -OCH3 is 1. The van der Waals surface area contributed by atoms with Crippen LogP contribution in [0.1, 0.15) is 208 Å². The Kier molecular flexibility index (Phi) is 52.3. The van der Waals surface area contributed by atoms with Crippen LogP contribution < -0.4 is 21.3 Å². The Hall–Kier alpha value is -5.10. The lowest BCUT2D eigenvalue weighted by molar-refractivity contribution is -0.282. The second kappa shape index (κ2) is 57.9. The van der Waals surface area contributed by atoms with Crippen molar-refractivity contribution in [2.24, 2.45) is 17.3 Å². The number of hydrogen-bond donors (Lipinski definition) is 14. The SMILES string of the molecule is CC(C)C.COC[C@@H]1C[C@@H](O)CN1C(=O)CC(=O)CC(COCCC(=O)CCCCCC(=O)CCCCO[C@@H]1OC(CO)[C@H](O)[C@H](O)C1C)(COCCC(=O)CCCCCC(=O)CCCCO[C@@H]1OC(CO)[C@H](O)[C@H](O)C1NC(C)=O)COCCC(=O)NCCCNC(=O)CCCCO[C@@H]1OC(CO)[C@H](O)[C@H](O)C1NC(C)=O. The van der Waals surface area contributed by atoms with Crippen LogP contribution in [-0.4, -0.2) is 325 Å². The van der Waals surface area contributed by atoms with Crippen LogP contribution in [0.4, 0.5) is 0 Å². The quantitative estimate of drug-likeness (QED) is 0.0284. The van der Waals surface area contributed by atoms with Crippen molar-refractivity contribution in [1.82, 2.24) is 26.2 Å². The largest absolute Gasteiger partial charge is 0.394 e. The molecule has 0 aromatic heterocycles. The third-order valence-electron chi connectivity index (χ3n) is 19.6. The number of amides is 5. The van der Waals surface area contributed by atoms with Crippen LogP contribution in [-0.2, 0) is 95.3 Å². The molecule has 4 fully saturated rings. The number of hydrogen-bond acceptors (Lipinski definition) is 30. The smallest absolute Gasteiger partial charge is 0.230 e. The summed E-state index contributed by atoms with van der Waals surface area (Å²) in [5, 5.41) is 112. The van der Waals surface area contributed by atoms with Crippen LogP contribution in [0.3, 0.4) is 0 Å². The van der Waals surface area contributed by atoms with E-state index in [1.165, 1.54) is 25.9 Å². The molecule has 35 heteroatoms. The molecule has 0 saturated carbocycles. The highest BCUT2D eigenvalue weighted by Gasteiger charge is 2.48. The standard InChI is InChI=1S/C74H127N5O30.C4H10/c1-47-65(94)66(95)57(40-80)107-71(47)104-30-14-11-22-51(85)18-7-5-9-20-53(87)25-33-101-44-74(38-55(89)37-62(93)79-39-56(90)36-50(79)43-100-4,45-102-34-26-54(88)21-10-6-8-19-52(86)23-12-15-31-105-72-63(77-48(2)83)69(98)67(96)58(41-81)108-72)46-103-35-27-61(92)76-29-17-28-75-60(91)24-13-16-32-106-73-64(78-49(3)84)70(99)68(97)59(42-82)109-73;1-4(2)3/h47,50,56-59,63-73,80-82,90,94-99H,5-46H2,1-4H3,(H,75,91)(H,76,92)(H,77,83)(H,78,84);4H,1-3H3/t47?,50-,56+,57?,58?,59?,63?,64?,65+,66-,67-,68-,69+,70+,71+,72+,73+,74?;/m0./s1. The Labute approximate surface area is 664 Å². The van der Waals surface area contributed by atoms with Gasteiger partial charge in [-0.1, -0.05) is 40.5 Å². The Morgan fingerprint density at radius 2 is 0.814 bits per heavy atom. The second-order valence-corrected chi connectivity index (χ2v) is 30.8. The number of nitrogens with one attached hydrogen (secondary N) is 4. The lowest BCUT2D eigenvalue weighted by atomic mass is 9.84. The Bertz CT molecular complexity index is 2650. The van der Waals surface area contributed by atoms with Crippen molar-refractivity contribution in [3.05, 3.63) is 0 Å². The minimum Gasteiger partial charge on any atom is -0.394 e. The number of carbonyl (C=O) groups is 10. The maximum Gasteiger partial charge on any atom is 0.230 e. The number of likely N-dealkylation sites (tertiary alicyclic amines) is 1. The number of ether oxygens (including phenoxy) is 10. The zero-order valence-electron chi connectivity index (χ0n) is 67.7. The first-order valence-corrected chi connectivity index (χ1v) is 40.5. The molecule has 0 aromatic carbocycles. The number of unbranched alkanes of at least 4 members (excludes halogenated alkanes) is 7. The van der Waals surface area contributed by atoms with Crippen LogP contribution >= 0.6 is 0 Å². The lowest BCUT2D eigenvalue weighted by Gasteiger charge is -2.42. The summed E-state index contributed by atoms with van der Waals surface area (Å²) in [4.78, 5) is 130. The van der Waals surface area contributed by atoms with Crippen LogP contribution in [0.2, 0.25) is 0 Å². The molecule has 0 spiro atoms. The molecular formula is C78H137N5O30. The van der Waals surface area contributed by atoms with Crippen molar-refractivity contribution in [2.45, 2.75) is 307 Å². The first-order valence-electron chi connectivity index (χ1n) is 40.5. The van der Waals surface area contributed by atoms with Crippen molar-refractivity contribution < 1.29 is 146 Å². The van der Waals surface area contributed by atoms with Gasteiger partial charge in [-0.3, -0.25) is 47.9 Å². The molecule has 4 heterocycles. The van der Waals surface area contributed by atoms with Gasteiger partial charge in [-0.15, -0.1) is 0 Å². The number of nitrogens with zero attached hydrogens (tertiary/aromatic N) is 1. The molecule has 4 aliphatic rings. The summed E-state index contributed by atoms with van der Waals surface area (Å²) in [5.74, 6) is -2.48. The summed E-state index contributed by atoms with van der Waals surface area (Å²) in [6, 6.07) is -2.64. The molecule has 0 aliphatic carbocycles. The van der Waals surface area contributed by atoms with Gasteiger partial charge in [0.25, 0.3) is 0 Å². The van der Waals surface area contributed by atoms with Crippen LogP contribution in [0.25, 0.3) is 0 Å². The van der Waals surface area contributed by atoms with Crippen molar-refractivity contribution in [1.29, 1.82) is 0 Å². The third kappa shape index (κ3) is 41.2. The average molecular weight is 1620 g/mol. The normalized spacial score (nSPS) is 26.2. The van der Waals surface area contributed by atoms with Gasteiger partial charge in [-0.25, -0.2) is 0 Å². The number of aliphatic hydroxyl groups excluding tert-OH is 10. The molecule has 5 amide bonds. The van der Waals surface area contributed by atoms with E-state index < -0.39 is 159 Å². The lowest BCUT2D eigenvalue weighted by Crippen LogP contribution is -2.64. The minimum absolute atomic E-state index is 0.00333. The van der Waals surface area contributed by atoms with Gasteiger partial charge < -0.3 is 125 Å². The van der Waals surface area contributed by atoms with E-state index in [0.29, 0.717) is 103 Å². The number of rotatable bonds is 60. The van der Waals surface area contributed by atoms with Gasteiger partial charge in [-0.2, -0.15) is 0 Å². The molecule has 14 N–H and O–H groups in total. The fourth-order valence-electron chi connectivity index (χ4n) is 13.3. The summed E-state index contributed by atoms with van der Waals surface area (Å²) in [7, 11) is 1.46. The highest BCUT2D eigenvalue weighted by molar-refractivity contribution is 5.98. The molecule has 18 atom stereocenters. The van der Waals surface area contributed by atoms with Gasteiger partial charge in [0.2, 0.25) is 29.5 Å². The van der Waals surface area contributed by atoms with Crippen molar-refractivity contribution >= 4 is 58.5 Å². The molecule has 7 unspecified atom stereocenters. The number of Topliss-reactive ketones (excluding diaryl/α,β-unsaturated/α-hetero) is 5. The highest BCUT2D eigenvalue weighted by Crippen LogP contribution is 2.31. The van der Waals surface area contributed by atoms with Crippen molar-refractivity contribution in [3.63, 3.8) is 0 Å². The first-order chi connectivity index (χ1) is 53.9. The summed E-state index contributed by atoms with van der Waals surface area (Å²) < 4.78 is 57.7. The zero-order chi connectivity index (χ0) is 83.8. The summed E-state index contributed by atoms with van der Waals surface area (Å²) >= 11 is 0. The number of ketones is 5. The number of carbonyl (C=O) groups excluding carboxylic acids is 10. The molecule has 0 bridgehead atoms.